The number of imide groups is 1. The fraction of sp³-hybridized carbons (Fsp3) is 0.500. The van der Waals surface area contributed by atoms with Crippen LogP contribution in [-0.4, -0.2) is 65.2 Å². The van der Waals surface area contributed by atoms with Crippen LogP contribution in [0.4, 0.5) is 18.4 Å². The van der Waals surface area contributed by atoms with Crippen LogP contribution in [0, 0.1) is 0 Å². The molecule has 0 bridgehead atoms. The second kappa shape index (κ2) is 8.64. The Hall–Kier alpha value is -2.97. The number of alkyl halides is 2. The highest BCUT2D eigenvalue weighted by molar-refractivity contribution is 6.00. The molecule has 0 saturated carbocycles. The quantitative estimate of drug-likeness (QED) is 0.674. The second-order valence-electron chi connectivity index (χ2n) is 8.65. The minimum atomic E-state index is -3.41. The number of halogens is 2. The lowest BCUT2D eigenvalue weighted by Crippen LogP contribution is -2.49. The summed E-state index contributed by atoms with van der Waals surface area (Å²) < 4.78 is 39.5. The Morgan fingerprint density at radius 3 is 2.55 bits per heavy atom. The second-order valence-corrected chi connectivity index (χ2v) is 8.65. The van der Waals surface area contributed by atoms with Gasteiger partial charge < -0.3 is 14.4 Å². The number of benzene rings is 1. The van der Waals surface area contributed by atoms with E-state index in [0.717, 1.165) is 21.4 Å². The highest BCUT2D eigenvalue weighted by Crippen LogP contribution is 2.33. The standard InChI is InChI=1S/C22H26F2N2O5/c1-21(2,3)31-19(28)25-10-9-16(22(23,24)14-25)12-18(27)26-17(13-30-20(26)29)11-15-7-5-4-6-8-15/h4-8,12,17H,9-11,13-14H2,1-3H3. The highest BCUT2D eigenvalue weighted by atomic mass is 19.3. The van der Waals surface area contributed by atoms with E-state index in [0.29, 0.717) is 6.42 Å². The van der Waals surface area contributed by atoms with Gasteiger partial charge >= 0.3 is 12.2 Å². The number of likely N-dealkylation sites (tertiary alicyclic amines) is 1. The van der Waals surface area contributed by atoms with E-state index in [2.05, 4.69) is 0 Å². The molecule has 7 nitrogen and oxygen atoms in total. The summed E-state index contributed by atoms with van der Waals surface area (Å²) in [4.78, 5) is 38.7. The number of hydrogen-bond acceptors (Lipinski definition) is 5. The van der Waals surface area contributed by atoms with Crippen molar-refractivity contribution in [3.63, 3.8) is 0 Å². The van der Waals surface area contributed by atoms with Crippen molar-refractivity contribution in [1.82, 2.24) is 9.80 Å². The van der Waals surface area contributed by atoms with Crippen LogP contribution in [0.2, 0.25) is 0 Å². The molecule has 0 N–H and O–H groups in total. The average Bonchev–Trinajstić information content (AvgIpc) is 3.02. The summed E-state index contributed by atoms with van der Waals surface area (Å²) in [5.74, 6) is -4.26. The summed E-state index contributed by atoms with van der Waals surface area (Å²) in [5.41, 5.74) is -0.328. The van der Waals surface area contributed by atoms with Crippen LogP contribution in [0.3, 0.4) is 0 Å². The van der Waals surface area contributed by atoms with Crippen molar-refractivity contribution in [2.75, 3.05) is 19.7 Å². The van der Waals surface area contributed by atoms with Crippen LogP contribution < -0.4 is 0 Å². The molecule has 31 heavy (non-hydrogen) atoms. The number of cyclic esters (lactones) is 1. The van der Waals surface area contributed by atoms with Crippen LogP contribution in [0.1, 0.15) is 32.8 Å². The first-order valence-corrected chi connectivity index (χ1v) is 10.1. The maximum atomic E-state index is 14.7. The Labute approximate surface area is 179 Å². The van der Waals surface area contributed by atoms with Gasteiger partial charge in [0.1, 0.15) is 12.2 Å². The molecule has 1 unspecified atom stereocenters. The molecule has 2 heterocycles. The summed E-state index contributed by atoms with van der Waals surface area (Å²) in [5, 5.41) is 0. The molecule has 0 radical (unpaired) electrons. The zero-order valence-electron chi connectivity index (χ0n) is 17.8. The lowest BCUT2D eigenvalue weighted by Gasteiger charge is -2.35. The van der Waals surface area contributed by atoms with Crippen molar-refractivity contribution in [2.24, 2.45) is 0 Å². The Kier molecular flexibility index (Phi) is 6.33. The van der Waals surface area contributed by atoms with E-state index in [4.69, 9.17) is 9.47 Å². The zero-order chi connectivity index (χ0) is 22.8. The molecule has 1 atom stereocenters. The Morgan fingerprint density at radius 1 is 1.26 bits per heavy atom. The number of ether oxygens (including phenoxy) is 2. The van der Waals surface area contributed by atoms with Crippen molar-refractivity contribution < 1.29 is 32.6 Å². The van der Waals surface area contributed by atoms with Gasteiger partial charge in [-0.2, -0.15) is 8.78 Å². The summed E-state index contributed by atoms with van der Waals surface area (Å²) in [6, 6.07) is 8.64. The van der Waals surface area contributed by atoms with E-state index in [9.17, 15) is 23.2 Å². The number of piperidine rings is 1. The molecular formula is C22H26F2N2O5. The van der Waals surface area contributed by atoms with Gasteiger partial charge in [-0.25, -0.2) is 14.5 Å². The third-order valence-corrected chi connectivity index (χ3v) is 4.97. The summed E-state index contributed by atoms with van der Waals surface area (Å²) in [7, 11) is 0. The minimum Gasteiger partial charge on any atom is -0.447 e. The van der Waals surface area contributed by atoms with Crippen LogP contribution in [-0.2, 0) is 20.7 Å². The van der Waals surface area contributed by atoms with Gasteiger partial charge in [-0.3, -0.25) is 4.79 Å². The lowest BCUT2D eigenvalue weighted by atomic mass is 9.99. The van der Waals surface area contributed by atoms with Gasteiger partial charge in [0.05, 0.1) is 12.6 Å². The molecule has 0 aromatic heterocycles. The SMILES string of the molecule is CC(C)(C)OC(=O)N1CCC(=CC(=O)N2C(=O)OCC2Cc2ccccc2)C(F)(F)C1. The fourth-order valence-electron chi connectivity index (χ4n) is 3.50. The fourth-order valence-corrected chi connectivity index (χ4v) is 3.50. The van der Waals surface area contributed by atoms with Gasteiger partial charge in [0.15, 0.2) is 0 Å². The maximum Gasteiger partial charge on any atom is 0.417 e. The Bertz CT molecular complexity index is 880. The molecule has 1 aromatic carbocycles. The number of hydrogen-bond donors (Lipinski definition) is 0. The molecular weight excluding hydrogens is 410 g/mol. The number of nitrogens with zero attached hydrogens (tertiary/aromatic N) is 2. The maximum absolute atomic E-state index is 14.7. The van der Waals surface area contributed by atoms with Crippen molar-refractivity contribution in [3.05, 3.63) is 47.5 Å². The monoisotopic (exact) mass is 436 g/mol. The summed E-state index contributed by atoms with van der Waals surface area (Å²) >= 11 is 0. The molecule has 2 saturated heterocycles. The number of rotatable bonds is 3. The van der Waals surface area contributed by atoms with Gasteiger partial charge in [0.25, 0.3) is 11.8 Å². The summed E-state index contributed by atoms with van der Waals surface area (Å²) in [6.07, 6.45) is -0.716. The predicted octanol–water partition coefficient (Wildman–Crippen LogP) is 3.78. The highest BCUT2D eigenvalue weighted by Gasteiger charge is 2.44. The topological polar surface area (TPSA) is 76.2 Å². The molecule has 3 amide bonds. The van der Waals surface area contributed by atoms with Crippen LogP contribution in [0.5, 0.6) is 0 Å². The number of carbonyl (C=O) groups is 3. The molecule has 2 aliphatic heterocycles. The predicted molar refractivity (Wildman–Crippen MR) is 108 cm³/mol. The summed E-state index contributed by atoms with van der Waals surface area (Å²) in [6.45, 7) is 4.06. The molecule has 168 valence electrons. The molecule has 3 rings (SSSR count). The smallest absolute Gasteiger partial charge is 0.417 e. The molecule has 0 spiro atoms. The first kappa shape index (κ1) is 22.7. The van der Waals surface area contributed by atoms with E-state index in [1.807, 2.05) is 30.3 Å². The largest absolute Gasteiger partial charge is 0.447 e. The average molecular weight is 436 g/mol. The Balaban J connectivity index is 1.71. The van der Waals surface area contributed by atoms with E-state index in [1.54, 1.807) is 20.8 Å². The van der Waals surface area contributed by atoms with Crippen molar-refractivity contribution >= 4 is 18.1 Å². The molecule has 2 aliphatic rings. The Morgan fingerprint density at radius 2 is 1.94 bits per heavy atom. The van der Waals surface area contributed by atoms with Crippen molar-refractivity contribution in [1.29, 1.82) is 0 Å². The normalized spacial score (nSPS) is 22.4. The number of carbonyl (C=O) groups excluding carboxylic acids is 3. The van der Waals surface area contributed by atoms with Gasteiger partial charge in [-0.1, -0.05) is 30.3 Å². The molecule has 9 heteroatoms. The van der Waals surface area contributed by atoms with Gasteiger partial charge in [-0.15, -0.1) is 0 Å². The third-order valence-electron chi connectivity index (χ3n) is 4.97. The van der Waals surface area contributed by atoms with Crippen LogP contribution in [0.25, 0.3) is 0 Å². The van der Waals surface area contributed by atoms with E-state index in [-0.39, 0.29) is 19.6 Å². The molecule has 2 fully saturated rings. The zero-order valence-corrected chi connectivity index (χ0v) is 17.8. The first-order chi connectivity index (χ1) is 14.5. The molecule has 1 aromatic rings. The van der Waals surface area contributed by atoms with E-state index >= 15 is 0 Å². The third kappa shape index (κ3) is 5.59. The van der Waals surface area contributed by atoms with Crippen LogP contribution >= 0.6 is 0 Å². The van der Waals surface area contributed by atoms with Crippen LogP contribution in [0.15, 0.2) is 42.0 Å². The first-order valence-electron chi connectivity index (χ1n) is 10.1. The molecule has 0 aliphatic carbocycles. The number of amides is 3. The van der Waals surface area contributed by atoms with Gasteiger partial charge in [-0.05, 0) is 39.2 Å². The van der Waals surface area contributed by atoms with Crippen molar-refractivity contribution in [2.45, 2.75) is 51.2 Å². The van der Waals surface area contributed by atoms with E-state index in [1.165, 1.54) is 0 Å². The van der Waals surface area contributed by atoms with Gasteiger partial charge in [0, 0.05) is 18.2 Å². The minimum absolute atomic E-state index is 0.00541. The van der Waals surface area contributed by atoms with E-state index < -0.39 is 47.8 Å². The van der Waals surface area contributed by atoms with Gasteiger partial charge in [0.2, 0.25) is 0 Å². The lowest BCUT2D eigenvalue weighted by molar-refractivity contribution is -0.124. The van der Waals surface area contributed by atoms with Crippen molar-refractivity contribution in [3.8, 4) is 0 Å².